The maximum atomic E-state index is 9.60. The predicted octanol–water partition coefficient (Wildman–Crippen LogP) is 3.56. The summed E-state index contributed by atoms with van der Waals surface area (Å²) in [7, 11) is 0. The van der Waals surface area contributed by atoms with Crippen LogP contribution in [0.4, 0.5) is 0 Å². The first-order valence-electron chi connectivity index (χ1n) is 10.4. The molecule has 0 atom stereocenters. The summed E-state index contributed by atoms with van der Waals surface area (Å²) in [6, 6.07) is 13.1. The molecule has 0 unspecified atom stereocenters. The highest BCUT2D eigenvalue weighted by Gasteiger charge is 2.11. The van der Waals surface area contributed by atoms with Crippen molar-refractivity contribution in [2.45, 2.75) is 6.42 Å². The van der Waals surface area contributed by atoms with E-state index in [0.717, 1.165) is 50.5 Å². The zero-order valence-corrected chi connectivity index (χ0v) is 18.3. The van der Waals surface area contributed by atoms with E-state index in [9.17, 15) is 5.21 Å². The van der Waals surface area contributed by atoms with Crippen LogP contribution in [0.2, 0.25) is 0 Å². The van der Waals surface area contributed by atoms with Crippen LogP contribution in [0.25, 0.3) is 27.9 Å². The summed E-state index contributed by atoms with van der Waals surface area (Å²) in [5.41, 5.74) is 2.27. The molecule has 1 aliphatic rings. The highest BCUT2D eigenvalue weighted by Crippen LogP contribution is 2.24. The molecule has 1 fully saturated rings. The Labute approximate surface area is 191 Å². The number of aromatic nitrogens is 2. The van der Waals surface area contributed by atoms with Crippen molar-refractivity contribution in [2.24, 2.45) is 5.16 Å². The van der Waals surface area contributed by atoms with Crippen molar-refractivity contribution in [1.29, 1.82) is 0 Å². The molecular formula is C23H25ClN4O4. The van der Waals surface area contributed by atoms with Crippen LogP contribution in [-0.4, -0.2) is 58.9 Å². The molecule has 0 saturated carbocycles. The Bertz CT molecular complexity index is 1260. The van der Waals surface area contributed by atoms with Crippen molar-refractivity contribution in [3.8, 4) is 17.2 Å². The highest BCUT2D eigenvalue weighted by atomic mass is 35.5. The molecule has 1 aliphatic heterocycles. The number of halogens is 1. The Morgan fingerprint density at radius 1 is 1.12 bits per heavy atom. The van der Waals surface area contributed by atoms with E-state index in [1.807, 2.05) is 47.0 Å². The van der Waals surface area contributed by atoms with E-state index in [-0.39, 0.29) is 12.4 Å². The van der Waals surface area contributed by atoms with Gasteiger partial charge in [-0.05, 0) is 42.8 Å². The van der Waals surface area contributed by atoms with Gasteiger partial charge in [0.2, 0.25) is 0 Å². The third-order valence-corrected chi connectivity index (χ3v) is 5.48. The van der Waals surface area contributed by atoms with E-state index >= 15 is 0 Å². The van der Waals surface area contributed by atoms with Gasteiger partial charge in [-0.25, -0.2) is 4.98 Å². The second kappa shape index (κ2) is 10.0. The summed E-state index contributed by atoms with van der Waals surface area (Å²) in [5.74, 6) is 1.25. The van der Waals surface area contributed by atoms with Crippen LogP contribution in [0.15, 0.2) is 64.6 Å². The summed E-state index contributed by atoms with van der Waals surface area (Å²) in [6.07, 6.45) is 4.60. The molecule has 8 nitrogen and oxygen atoms in total. The molecule has 1 saturated heterocycles. The third-order valence-electron chi connectivity index (χ3n) is 5.48. The van der Waals surface area contributed by atoms with Crippen molar-refractivity contribution in [3.05, 3.63) is 60.3 Å². The minimum absolute atomic E-state index is 0. The molecule has 0 aliphatic carbocycles. The smallest absolute Gasteiger partial charge is 0.155 e. The number of rotatable bonds is 6. The number of fused-ring (bicyclic) bond motifs is 2. The Morgan fingerprint density at radius 3 is 2.84 bits per heavy atom. The van der Waals surface area contributed by atoms with Gasteiger partial charge < -0.3 is 23.5 Å². The molecule has 5 rings (SSSR count). The minimum Gasteiger partial charge on any atom is -0.494 e. The zero-order valence-electron chi connectivity index (χ0n) is 17.5. The quantitative estimate of drug-likeness (QED) is 0.271. The lowest BCUT2D eigenvalue weighted by Gasteiger charge is -2.26. The number of hydrogen-bond acceptors (Lipinski definition) is 7. The lowest BCUT2D eigenvalue weighted by Crippen LogP contribution is -2.37. The summed E-state index contributed by atoms with van der Waals surface area (Å²) in [4.78, 5) is 6.83. The highest BCUT2D eigenvalue weighted by molar-refractivity contribution is 5.85. The van der Waals surface area contributed by atoms with Gasteiger partial charge in [0.05, 0.1) is 31.5 Å². The molecule has 9 heteroatoms. The molecule has 32 heavy (non-hydrogen) atoms. The monoisotopic (exact) mass is 456 g/mol. The lowest BCUT2D eigenvalue weighted by atomic mass is 10.2. The summed E-state index contributed by atoms with van der Waals surface area (Å²) in [5, 5.41) is 14.2. The van der Waals surface area contributed by atoms with Crippen LogP contribution >= 0.6 is 12.4 Å². The lowest BCUT2D eigenvalue weighted by molar-refractivity contribution is 0.0358. The summed E-state index contributed by atoms with van der Waals surface area (Å²) < 4.78 is 19.3. The molecule has 0 bridgehead atoms. The van der Waals surface area contributed by atoms with Gasteiger partial charge in [-0.1, -0.05) is 5.16 Å². The molecule has 0 radical (unpaired) electrons. The average molecular weight is 457 g/mol. The van der Waals surface area contributed by atoms with Gasteiger partial charge in [0, 0.05) is 37.4 Å². The average Bonchev–Trinajstić information content (AvgIpc) is 3.30. The SMILES string of the molecule is Cl.O/N=c1/cc(-c2cc3cccn3cn2)oc2ccc(OCCCN3CCOCC3)cc12. The standard InChI is InChI=1S/C23H24N4O4.ClH/c28-25-20-15-23(21-13-17-3-1-7-27(17)16-24-21)31-22-5-4-18(14-19(20)22)30-10-2-6-26-8-11-29-12-9-26;/h1,3-5,7,13-16,28H,2,6,8-12H2;1H/b25-20-;. The topological polar surface area (TPSA) is 84.7 Å². The van der Waals surface area contributed by atoms with Crippen LogP contribution in [0, 0.1) is 0 Å². The van der Waals surface area contributed by atoms with Crippen molar-refractivity contribution in [2.75, 3.05) is 39.5 Å². The van der Waals surface area contributed by atoms with Crippen molar-refractivity contribution in [3.63, 3.8) is 0 Å². The van der Waals surface area contributed by atoms with Gasteiger partial charge in [0.25, 0.3) is 0 Å². The van der Waals surface area contributed by atoms with Crippen LogP contribution in [0.5, 0.6) is 5.75 Å². The van der Waals surface area contributed by atoms with Crippen LogP contribution in [0.1, 0.15) is 6.42 Å². The van der Waals surface area contributed by atoms with E-state index in [2.05, 4.69) is 15.0 Å². The molecule has 3 aromatic heterocycles. The van der Waals surface area contributed by atoms with Gasteiger partial charge in [-0.3, -0.25) is 4.90 Å². The molecule has 0 spiro atoms. The zero-order chi connectivity index (χ0) is 21.0. The van der Waals surface area contributed by atoms with Gasteiger partial charge in [0.15, 0.2) is 5.76 Å². The van der Waals surface area contributed by atoms with Crippen molar-refractivity contribution in [1.82, 2.24) is 14.3 Å². The van der Waals surface area contributed by atoms with Gasteiger partial charge >= 0.3 is 0 Å². The second-order valence-electron chi connectivity index (χ2n) is 7.52. The molecular weight excluding hydrogens is 432 g/mol. The fourth-order valence-corrected chi connectivity index (χ4v) is 3.82. The molecule has 168 valence electrons. The van der Waals surface area contributed by atoms with Crippen molar-refractivity contribution < 1.29 is 19.1 Å². The Balaban J connectivity index is 0.00000245. The van der Waals surface area contributed by atoms with Gasteiger partial charge in [0.1, 0.15) is 22.4 Å². The van der Waals surface area contributed by atoms with E-state index < -0.39 is 0 Å². The van der Waals surface area contributed by atoms with Crippen molar-refractivity contribution >= 4 is 28.9 Å². The Kier molecular flexibility index (Phi) is 6.94. The minimum atomic E-state index is 0. The maximum absolute atomic E-state index is 9.60. The third kappa shape index (κ3) is 4.72. The normalized spacial score (nSPS) is 15.2. The van der Waals surface area contributed by atoms with E-state index in [1.165, 1.54) is 0 Å². The number of benzene rings is 1. The van der Waals surface area contributed by atoms with Crippen LogP contribution in [0.3, 0.4) is 0 Å². The maximum Gasteiger partial charge on any atom is 0.155 e. The molecule has 4 aromatic rings. The Hall–Kier alpha value is -3.07. The Morgan fingerprint density at radius 2 is 2.00 bits per heavy atom. The first kappa shape index (κ1) is 22.1. The summed E-state index contributed by atoms with van der Waals surface area (Å²) >= 11 is 0. The number of ether oxygens (including phenoxy) is 2. The molecule has 1 aromatic carbocycles. The number of morpholine rings is 1. The first-order valence-corrected chi connectivity index (χ1v) is 10.4. The fraction of sp³-hybridized carbons (Fsp3) is 0.304. The van der Waals surface area contributed by atoms with E-state index in [0.29, 0.717) is 34.4 Å². The van der Waals surface area contributed by atoms with Gasteiger partial charge in [-0.15, -0.1) is 12.4 Å². The number of hydrogen-bond donors (Lipinski definition) is 1. The van der Waals surface area contributed by atoms with E-state index in [4.69, 9.17) is 13.9 Å². The van der Waals surface area contributed by atoms with Crippen LogP contribution in [-0.2, 0) is 4.74 Å². The predicted molar refractivity (Wildman–Crippen MR) is 122 cm³/mol. The van der Waals surface area contributed by atoms with Gasteiger partial charge in [-0.2, -0.15) is 0 Å². The first-order chi connectivity index (χ1) is 15.3. The van der Waals surface area contributed by atoms with E-state index in [1.54, 1.807) is 12.4 Å². The van der Waals surface area contributed by atoms with Crippen LogP contribution < -0.4 is 10.1 Å². The molecule has 4 heterocycles. The largest absolute Gasteiger partial charge is 0.494 e. The molecule has 0 amide bonds. The second-order valence-corrected chi connectivity index (χ2v) is 7.52. The number of nitrogens with zero attached hydrogens (tertiary/aromatic N) is 4. The fourth-order valence-electron chi connectivity index (χ4n) is 3.82. The molecule has 1 N–H and O–H groups in total. The summed E-state index contributed by atoms with van der Waals surface area (Å²) in [6.45, 7) is 5.18.